The van der Waals surface area contributed by atoms with Crippen molar-refractivity contribution in [3.8, 4) is 5.75 Å². The van der Waals surface area contributed by atoms with E-state index in [-0.39, 0.29) is 5.92 Å². The lowest BCUT2D eigenvalue weighted by Gasteiger charge is -2.31. The van der Waals surface area contributed by atoms with E-state index in [2.05, 4.69) is 59.7 Å². The van der Waals surface area contributed by atoms with E-state index in [0.717, 1.165) is 55.0 Å². The van der Waals surface area contributed by atoms with Crippen LogP contribution in [0.4, 0.5) is 0 Å². The first-order valence-electron chi connectivity index (χ1n) is 12.6. The van der Waals surface area contributed by atoms with Gasteiger partial charge in [0.2, 0.25) is 5.91 Å². The second-order valence-corrected chi connectivity index (χ2v) is 9.77. The first kappa shape index (κ1) is 22.0. The van der Waals surface area contributed by atoms with E-state index >= 15 is 0 Å². The van der Waals surface area contributed by atoms with Gasteiger partial charge in [-0.05, 0) is 56.4 Å². The first-order valence-corrected chi connectivity index (χ1v) is 12.6. The number of amides is 1. The van der Waals surface area contributed by atoms with E-state index in [0.29, 0.717) is 25.0 Å². The minimum absolute atomic E-state index is 0.173. The Bertz CT molecular complexity index is 1110. The number of nitrogens with zero attached hydrogens (tertiary/aromatic N) is 3. The van der Waals surface area contributed by atoms with Gasteiger partial charge >= 0.3 is 0 Å². The van der Waals surface area contributed by atoms with Crippen LogP contribution < -0.4 is 4.74 Å². The Labute approximate surface area is 196 Å². The van der Waals surface area contributed by atoms with Crippen LogP contribution in [0, 0.1) is 13.8 Å². The highest BCUT2D eigenvalue weighted by Crippen LogP contribution is 2.34. The molecule has 1 atom stereocenters. The molecule has 2 aromatic carbocycles. The van der Waals surface area contributed by atoms with Crippen LogP contribution in [0.3, 0.4) is 0 Å². The molecule has 1 aliphatic heterocycles. The molecule has 2 fully saturated rings. The lowest BCUT2D eigenvalue weighted by molar-refractivity contribution is -0.130. The molecule has 1 aliphatic carbocycles. The Hall–Kier alpha value is -2.82. The fraction of sp³-hybridized carbons (Fsp3) is 0.500. The van der Waals surface area contributed by atoms with Gasteiger partial charge in [-0.2, -0.15) is 0 Å². The van der Waals surface area contributed by atoms with Gasteiger partial charge in [0.1, 0.15) is 11.6 Å². The van der Waals surface area contributed by atoms with Gasteiger partial charge in [0.05, 0.1) is 17.6 Å². The highest BCUT2D eigenvalue weighted by molar-refractivity contribution is 5.81. The van der Waals surface area contributed by atoms with Crippen LogP contribution in [0.25, 0.3) is 11.0 Å². The van der Waals surface area contributed by atoms with Crippen LogP contribution in [0.15, 0.2) is 42.5 Å². The molecule has 174 valence electrons. The van der Waals surface area contributed by atoms with Gasteiger partial charge in [-0.1, -0.05) is 49.6 Å². The van der Waals surface area contributed by atoms with Crippen LogP contribution in [0.1, 0.15) is 67.8 Å². The number of imidazole rings is 1. The standard InChI is InChI=1S/C28H35N3O2/c1-20-10-8-11-21(2)27(20)33-17-9-16-30-25-15-7-6-14-24(25)29-28(30)22-18-26(32)31(19-22)23-12-4-3-5-13-23/h6-8,10-11,14-15,22-23H,3-5,9,12-13,16-19H2,1-2H3. The number of hydrogen-bond donors (Lipinski definition) is 0. The molecule has 5 rings (SSSR count). The second-order valence-electron chi connectivity index (χ2n) is 9.77. The predicted molar refractivity (Wildman–Crippen MR) is 132 cm³/mol. The molecule has 0 radical (unpaired) electrons. The molecule has 1 saturated heterocycles. The largest absolute Gasteiger partial charge is 0.493 e. The van der Waals surface area contributed by atoms with Gasteiger partial charge in [0.25, 0.3) is 0 Å². The molecule has 1 amide bonds. The number of aryl methyl sites for hydroxylation is 3. The maximum absolute atomic E-state index is 12.9. The summed E-state index contributed by atoms with van der Waals surface area (Å²) in [4.78, 5) is 20.1. The second kappa shape index (κ2) is 9.58. The minimum atomic E-state index is 0.173. The van der Waals surface area contributed by atoms with Crippen molar-refractivity contribution in [2.75, 3.05) is 13.2 Å². The smallest absolute Gasteiger partial charge is 0.223 e. The number of fused-ring (bicyclic) bond motifs is 1. The van der Waals surface area contributed by atoms with Crippen molar-refractivity contribution in [2.24, 2.45) is 0 Å². The van der Waals surface area contributed by atoms with Crippen molar-refractivity contribution in [3.63, 3.8) is 0 Å². The van der Waals surface area contributed by atoms with Gasteiger partial charge in [-0.15, -0.1) is 0 Å². The Morgan fingerprint density at radius 3 is 2.55 bits per heavy atom. The lowest BCUT2D eigenvalue weighted by atomic mass is 9.94. The fourth-order valence-electron chi connectivity index (χ4n) is 5.71. The van der Waals surface area contributed by atoms with Crippen molar-refractivity contribution in [2.45, 2.75) is 77.3 Å². The third-order valence-corrected chi connectivity index (χ3v) is 7.40. The highest BCUT2D eigenvalue weighted by atomic mass is 16.5. The fourth-order valence-corrected chi connectivity index (χ4v) is 5.71. The van der Waals surface area contributed by atoms with Crippen molar-refractivity contribution in [1.29, 1.82) is 0 Å². The Balaban J connectivity index is 1.32. The minimum Gasteiger partial charge on any atom is -0.493 e. The van der Waals surface area contributed by atoms with Crippen molar-refractivity contribution < 1.29 is 9.53 Å². The summed E-state index contributed by atoms with van der Waals surface area (Å²) in [5, 5.41) is 0. The summed E-state index contributed by atoms with van der Waals surface area (Å²) in [6.07, 6.45) is 7.60. The third kappa shape index (κ3) is 4.50. The van der Waals surface area contributed by atoms with Crippen LogP contribution in [-0.4, -0.2) is 39.6 Å². The van der Waals surface area contributed by atoms with Gasteiger partial charge in [0.15, 0.2) is 0 Å². The molecule has 3 aromatic rings. The number of carbonyl (C=O) groups is 1. The van der Waals surface area contributed by atoms with Crippen molar-refractivity contribution >= 4 is 16.9 Å². The topological polar surface area (TPSA) is 47.4 Å². The zero-order chi connectivity index (χ0) is 22.8. The Kier molecular flexibility index (Phi) is 6.39. The first-order chi connectivity index (χ1) is 16.1. The normalized spacial score (nSPS) is 19.5. The van der Waals surface area contributed by atoms with Crippen LogP contribution in [0.2, 0.25) is 0 Å². The van der Waals surface area contributed by atoms with E-state index in [1.54, 1.807) is 0 Å². The third-order valence-electron chi connectivity index (χ3n) is 7.40. The molecule has 0 N–H and O–H groups in total. The van der Waals surface area contributed by atoms with E-state index < -0.39 is 0 Å². The average Bonchev–Trinajstić information content (AvgIpc) is 3.39. The molecule has 5 nitrogen and oxygen atoms in total. The van der Waals surface area contributed by atoms with E-state index in [9.17, 15) is 4.79 Å². The van der Waals surface area contributed by atoms with E-state index in [1.165, 1.54) is 30.4 Å². The molecule has 5 heteroatoms. The number of likely N-dealkylation sites (tertiary alicyclic amines) is 1. The highest BCUT2D eigenvalue weighted by Gasteiger charge is 2.37. The monoisotopic (exact) mass is 445 g/mol. The number of ether oxygens (including phenoxy) is 1. The maximum atomic E-state index is 12.9. The molecule has 33 heavy (non-hydrogen) atoms. The predicted octanol–water partition coefficient (Wildman–Crippen LogP) is 5.77. The number of benzene rings is 2. The summed E-state index contributed by atoms with van der Waals surface area (Å²) in [5.41, 5.74) is 4.53. The molecule has 0 bridgehead atoms. The molecule has 1 unspecified atom stereocenters. The summed E-state index contributed by atoms with van der Waals surface area (Å²) in [5.74, 6) is 2.54. The van der Waals surface area contributed by atoms with E-state index in [4.69, 9.17) is 9.72 Å². The molecular weight excluding hydrogens is 410 g/mol. The molecule has 0 spiro atoms. The van der Waals surface area contributed by atoms with Gasteiger partial charge in [0, 0.05) is 31.5 Å². The zero-order valence-corrected chi connectivity index (χ0v) is 19.9. The summed E-state index contributed by atoms with van der Waals surface area (Å²) >= 11 is 0. The molecular formula is C28H35N3O2. The molecule has 1 aromatic heterocycles. The number of hydrogen-bond acceptors (Lipinski definition) is 3. The van der Waals surface area contributed by atoms with Crippen molar-refractivity contribution in [1.82, 2.24) is 14.5 Å². The number of aromatic nitrogens is 2. The van der Waals surface area contributed by atoms with Crippen LogP contribution >= 0.6 is 0 Å². The maximum Gasteiger partial charge on any atom is 0.223 e. The lowest BCUT2D eigenvalue weighted by Crippen LogP contribution is -2.37. The summed E-state index contributed by atoms with van der Waals surface area (Å²) in [7, 11) is 0. The SMILES string of the molecule is Cc1cccc(C)c1OCCCn1c(C2CC(=O)N(C3CCCCC3)C2)nc2ccccc21. The van der Waals surface area contributed by atoms with Crippen molar-refractivity contribution in [3.05, 3.63) is 59.4 Å². The molecule has 1 saturated carbocycles. The Morgan fingerprint density at radius 1 is 1.00 bits per heavy atom. The summed E-state index contributed by atoms with van der Waals surface area (Å²) in [6.45, 7) is 6.51. The summed E-state index contributed by atoms with van der Waals surface area (Å²) < 4.78 is 8.50. The van der Waals surface area contributed by atoms with Gasteiger partial charge in [-0.3, -0.25) is 4.79 Å². The van der Waals surface area contributed by atoms with Gasteiger partial charge < -0.3 is 14.2 Å². The Morgan fingerprint density at radius 2 is 1.76 bits per heavy atom. The number of carbonyl (C=O) groups excluding carboxylic acids is 1. The van der Waals surface area contributed by atoms with Gasteiger partial charge in [-0.25, -0.2) is 4.98 Å². The molecule has 2 aliphatic rings. The average molecular weight is 446 g/mol. The van der Waals surface area contributed by atoms with E-state index in [1.807, 2.05) is 6.07 Å². The van der Waals surface area contributed by atoms with Crippen LogP contribution in [0.5, 0.6) is 5.75 Å². The number of rotatable bonds is 7. The zero-order valence-electron chi connectivity index (χ0n) is 19.9. The number of para-hydroxylation sites is 3. The summed E-state index contributed by atoms with van der Waals surface area (Å²) in [6, 6.07) is 15.0. The quantitative estimate of drug-likeness (QED) is 0.434. The van der Waals surface area contributed by atoms with Crippen LogP contribution in [-0.2, 0) is 11.3 Å². The molecule has 2 heterocycles.